The molecular weight excluding hydrogens is 370 g/mol. The second-order valence-electron chi connectivity index (χ2n) is 6.34. The zero-order chi connectivity index (χ0) is 19.4. The average molecular weight is 391 g/mol. The summed E-state index contributed by atoms with van der Waals surface area (Å²) in [5, 5.41) is 8.52. The van der Waals surface area contributed by atoms with Gasteiger partial charge in [0, 0.05) is 38.8 Å². The number of amides is 1. The first kappa shape index (κ1) is 19.2. The van der Waals surface area contributed by atoms with Crippen molar-refractivity contribution in [2.45, 2.75) is 11.4 Å². The Morgan fingerprint density at radius 1 is 1.11 bits per heavy atom. The van der Waals surface area contributed by atoms with Crippen molar-refractivity contribution in [2.75, 3.05) is 33.2 Å². The van der Waals surface area contributed by atoms with Crippen LogP contribution in [0, 0.1) is 0 Å². The highest BCUT2D eigenvalue weighted by atomic mass is 32.2. The third kappa shape index (κ3) is 4.59. The molecule has 1 amide bonds. The number of piperazine rings is 1. The van der Waals surface area contributed by atoms with Crippen LogP contribution in [0.15, 0.2) is 46.1 Å². The molecule has 10 heteroatoms. The number of aromatic nitrogens is 2. The summed E-state index contributed by atoms with van der Waals surface area (Å²) in [5.41, 5.74) is 0.470. The number of hydrogen-bond donors (Lipinski definition) is 2. The second-order valence-corrected chi connectivity index (χ2v) is 8.28. The molecule has 1 aromatic carbocycles. The minimum Gasteiger partial charge on any atom is -0.347 e. The van der Waals surface area contributed by atoms with Crippen LogP contribution in [0.3, 0.4) is 0 Å². The Balaban J connectivity index is 1.62. The maximum absolute atomic E-state index is 12.7. The van der Waals surface area contributed by atoms with Gasteiger partial charge in [-0.2, -0.15) is 9.40 Å². The van der Waals surface area contributed by atoms with E-state index in [2.05, 4.69) is 20.4 Å². The normalized spacial score (nSPS) is 16.2. The van der Waals surface area contributed by atoms with Crippen molar-refractivity contribution < 1.29 is 13.2 Å². The standard InChI is InChI=1S/C17H21N5O4S/c1-21-8-10-22(11-9-21)27(25,26)14-4-2-13(3-5-14)12-18-17(24)15-6-7-16(23)20-19-15/h2-7H,8-12H2,1H3,(H,18,24)(H,20,23). The van der Waals surface area contributed by atoms with Crippen molar-refractivity contribution in [2.24, 2.45) is 0 Å². The van der Waals surface area contributed by atoms with Crippen LogP contribution in [0.4, 0.5) is 0 Å². The van der Waals surface area contributed by atoms with E-state index in [4.69, 9.17) is 0 Å². The largest absolute Gasteiger partial charge is 0.347 e. The van der Waals surface area contributed by atoms with Gasteiger partial charge in [0.15, 0.2) is 0 Å². The fourth-order valence-electron chi connectivity index (χ4n) is 2.70. The van der Waals surface area contributed by atoms with Gasteiger partial charge in [-0.05, 0) is 30.8 Å². The minimum atomic E-state index is -3.50. The number of aromatic amines is 1. The van der Waals surface area contributed by atoms with Crippen LogP contribution >= 0.6 is 0 Å². The van der Waals surface area contributed by atoms with Crippen molar-refractivity contribution in [1.29, 1.82) is 0 Å². The van der Waals surface area contributed by atoms with E-state index in [-0.39, 0.29) is 22.7 Å². The predicted molar refractivity (Wildman–Crippen MR) is 98.7 cm³/mol. The van der Waals surface area contributed by atoms with E-state index >= 15 is 0 Å². The van der Waals surface area contributed by atoms with Gasteiger partial charge in [0.1, 0.15) is 5.69 Å². The first-order valence-corrected chi connectivity index (χ1v) is 9.92. The molecule has 144 valence electrons. The molecule has 2 heterocycles. The number of H-pyrrole nitrogens is 1. The monoisotopic (exact) mass is 391 g/mol. The number of sulfonamides is 1. The molecule has 1 fully saturated rings. The average Bonchev–Trinajstić information content (AvgIpc) is 2.67. The van der Waals surface area contributed by atoms with Gasteiger partial charge in [-0.3, -0.25) is 9.59 Å². The zero-order valence-corrected chi connectivity index (χ0v) is 15.7. The van der Waals surface area contributed by atoms with Crippen LogP contribution in [0.1, 0.15) is 16.1 Å². The van der Waals surface area contributed by atoms with Gasteiger partial charge in [0.25, 0.3) is 11.5 Å². The van der Waals surface area contributed by atoms with Crippen LogP contribution in [-0.4, -0.2) is 67.0 Å². The number of likely N-dealkylation sites (N-methyl/N-ethyl adjacent to an activating group) is 1. The first-order valence-electron chi connectivity index (χ1n) is 8.48. The predicted octanol–water partition coefficient (Wildman–Crippen LogP) is -0.364. The van der Waals surface area contributed by atoms with E-state index in [1.165, 1.54) is 16.4 Å². The van der Waals surface area contributed by atoms with E-state index < -0.39 is 15.9 Å². The summed E-state index contributed by atoms with van der Waals surface area (Å²) in [6.07, 6.45) is 0. The van der Waals surface area contributed by atoms with Crippen molar-refractivity contribution in [3.8, 4) is 0 Å². The van der Waals surface area contributed by atoms with Crippen molar-refractivity contribution in [3.63, 3.8) is 0 Å². The maximum atomic E-state index is 12.7. The number of benzene rings is 1. The van der Waals surface area contributed by atoms with Crippen LogP contribution in [0.5, 0.6) is 0 Å². The molecule has 0 unspecified atom stereocenters. The Morgan fingerprint density at radius 3 is 2.37 bits per heavy atom. The number of hydrogen-bond acceptors (Lipinski definition) is 6. The van der Waals surface area contributed by atoms with Gasteiger partial charge in [-0.1, -0.05) is 12.1 Å². The van der Waals surface area contributed by atoms with Gasteiger partial charge < -0.3 is 10.2 Å². The van der Waals surface area contributed by atoms with Gasteiger partial charge in [0.2, 0.25) is 10.0 Å². The van der Waals surface area contributed by atoms with Crippen LogP contribution in [0.2, 0.25) is 0 Å². The summed E-state index contributed by atoms with van der Waals surface area (Å²) < 4.78 is 26.9. The smallest absolute Gasteiger partial charge is 0.271 e. The zero-order valence-electron chi connectivity index (χ0n) is 14.9. The highest BCUT2D eigenvalue weighted by molar-refractivity contribution is 7.89. The minimum absolute atomic E-state index is 0.101. The summed E-state index contributed by atoms with van der Waals surface area (Å²) in [5.74, 6) is -0.430. The number of carbonyl (C=O) groups is 1. The van der Waals surface area contributed by atoms with E-state index in [9.17, 15) is 18.0 Å². The van der Waals surface area contributed by atoms with Crippen LogP contribution in [-0.2, 0) is 16.6 Å². The Morgan fingerprint density at radius 2 is 1.78 bits per heavy atom. The molecule has 0 spiro atoms. The third-order valence-electron chi connectivity index (χ3n) is 4.39. The molecule has 0 bridgehead atoms. The molecule has 2 N–H and O–H groups in total. The van der Waals surface area contributed by atoms with E-state index in [1.807, 2.05) is 7.05 Å². The lowest BCUT2D eigenvalue weighted by atomic mass is 10.2. The first-order chi connectivity index (χ1) is 12.9. The van der Waals surface area contributed by atoms with Crippen molar-refractivity contribution in [1.82, 2.24) is 24.7 Å². The number of carbonyl (C=O) groups excluding carboxylic acids is 1. The molecule has 0 radical (unpaired) electrons. The lowest BCUT2D eigenvalue weighted by molar-refractivity contribution is 0.0944. The molecule has 9 nitrogen and oxygen atoms in total. The Labute approximate surface area is 157 Å². The van der Waals surface area contributed by atoms with Crippen molar-refractivity contribution in [3.05, 3.63) is 58.0 Å². The van der Waals surface area contributed by atoms with Crippen LogP contribution < -0.4 is 10.9 Å². The SMILES string of the molecule is CN1CCN(S(=O)(=O)c2ccc(CNC(=O)c3ccc(=O)[nH]n3)cc2)CC1. The fraction of sp³-hybridized carbons (Fsp3) is 0.353. The van der Waals surface area contributed by atoms with Gasteiger partial charge in [-0.25, -0.2) is 13.5 Å². The molecule has 27 heavy (non-hydrogen) atoms. The van der Waals surface area contributed by atoms with E-state index in [1.54, 1.807) is 24.3 Å². The maximum Gasteiger partial charge on any atom is 0.271 e. The van der Waals surface area contributed by atoms with E-state index in [0.29, 0.717) is 26.2 Å². The molecule has 1 aromatic heterocycles. The molecule has 1 aliphatic heterocycles. The topological polar surface area (TPSA) is 115 Å². The highest BCUT2D eigenvalue weighted by Crippen LogP contribution is 2.18. The fourth-order valence-corrected chi connectivity index (χ4v) is 4.12. The lowest BCUT2D eigenvalue weighted by Crippen LogP contribution is -2.47. The summed E-state index contributed by atoms with van der Waals surface area (Å²) in [6, 6.07) is 8.99. The highest BCUT2D eigenvalue weighted by Gasteiger charge is 2.27. The summed E-state index contributed by atoms with van der Waals surface area (Å²) in [4.78, 5) is 25.3. The Hall–Kier alpha value is -2.56. The lowest BCUT2D eigenvalue weighted by Gasteiger charge is -2.31. The van der Waals surface area contributed by atoms with Gasteiger partial charge >= 0.3 is 0 Å². The Bertz CT molecular complexity index is 943. The van der Waals surface area contributed by atoms with Crippen molar-refractivity contribution >= 4 is 15.9 Å². The molecule has 0 aliphatic carbocycles. The third-order valence-corrected chi connectivity index (χ3v) is 6.30. The molecule has 1 saturated heterocycles. The number of nitrogens with zero attached hydrogens (tertiary/aromatic N) is 3. The summed E-state index contributed by atoms with van der Waals surface area (Å²) >= 11 is 0. The summed E-state index contributed by atoms with van der Waals surface area (Å²) in [7, 11) is -1.54. The molecule has 3 rings (SSSR count). The molecule has 1 aliphatic rings. The van der Waals surface area contributed by atoms with E-state index in [0.717, 1.165) is 5.56 Å². The Kier molecular flexibility index (Phi) is 5.68. The van der Waals surface area contributed by atoms with Gasteiger partial charge in [0.05, 0.1) is 4.90 Å². The number of rotatable bonds is 5. The van der Waals surface area contributed by atoms with Crippen LogP contribution in [0.25, 0.3) is 0 Å². The molecule has 0 atom stereocenters. The number of nitrogens with one attached hydrogen (secondary N) is 2. The molecule has 2 aromatic rings. The molecular formula is C17H21N5O4S. The quantitative estimate of drug-likeness (QED) is 0.719. The molecule has 0 saturated carbocycles. The van der Waals surface area contributed by atoms with Gasteiger partial charge in [-0.15, -0.1) is 0 Å². The summed E-state index contributed by atoms with van der Waals surface area (Å²) in [6.45, 7) is 2.59. The second kappa shape index (κ2) is 7.99.